The Hall–Kier alpha value is -0.430. The second-order valence-electron chi connectivity index (χ2n) is 4.48. The third-order valence-electron chi connectivity index (χ3n) is 3.30. The Morgan fingerprint density at radius 3 is 2.78 bits per heavy atom. The highest BCUT2D eigenvalue weighted by Crippen LogP contribution is 2.40. The van der Waals surface area contributed by atoms with Crippen LogP contribution in [-0.2, 0) is 0 Å². The number of nitrogens with one attached hydrogen (secondary N) is 1. The van der Waals surface area contributed by atoms with Crippen molar-refractivity contribution in [2.24, 2.45) is 5.84 Å². The molecule has 0 spiro atoms. The zero-order valence-electron chi connectivity index (χ0n) is 10.7. The first-order chi connectivity index (χ1) is 8.65. The summed E-state index contributed by atoms with van der Waals surface area (Å²) in [4.78, 5) is 4.19. The fourth-order valence-corrected chi connectivity index (χ4v) is 5.26. The minimum Gasteiger partial charge on any atom is -0.383 e. The summed E-state index contributed by atoms with van der Waals surface area (Å²) < 4.78 is 0. The predicted octanol–water partition coefficient (Wildman–Crippen LogP) is 1.71. The van der Waals surface area contributed by atoms with Gasteiger partial charge < -0.3 is 5.73 Å². The summed E-state index contributed by atoms with van der Waals surface area (Å²) in [6.45, 7) is 4.32. The Balaban J connectivity index is 2.32. The lowest BCUT2D eigenvalue weighted by Gasteiger charge is -2.35. The van der Waals surface area contributed by atoms with Gasteiger partial charge in [-0.3, -0.25) is 11.3 Å². The molecule has 0 aliphatic carbocycles. The van der Waals surface area contributed by atoms with Crippen molar-refractivity contribution in [2.75, 3.05) is 17.2 Å². The fourth-order valence-electron chi connectivity index (χ4n) is 2.35. The van der Waals surface area contributed by atoms with Crippen LogP contribution in [0.2, 0.25) is 0 Å². The maximum absolute atomic E-state index is 6.03. The molecular formula is C12H20N4S2. The van der Waals surface area contributed by atoms with E-state index in [0.717, 1.165) is 16.9 Å². The number of nitrogens with two attached hydrogens (primary N) is 2. The molecule has 100 valence electrons. The van der Waals surface area contributed by atoms with Gasteiger partial charge in [-0.25, -0.2) is 4.98 Å². The number of hydrogen-bond donors (Lipinski definition) is 3. The van der Waals surface area contributed by atoms with Crippen molar-refractivity contribution < 1.29 is 0 Å². The average Bonchev–Trinajstić information content (AvgIpc) is 2.35. The minimum atomic E-state index is 0.0616. The van der Waals surface area contributed by atoms with Gasteiger partial charge >= 0.3 is 0 Å². The van der Waals surface area contributed by atoms with E-state index in [2.05, 4.69) is 24.3 Å². The first kappa shape index (κ1) is 14.0. The van der Waals surface area contributed by atoms with Gasteiger partial charge in [-0.05, 0) is 18.6 Å². The van der Waals surface area contributed by atoms with Gasteiger partial charge in [0.05, 0.1) is 6.04 Å². The van der Waals surface area contributed by atoms with Crippen molar-refractivity contribution in [2.45, 2.75) is 30.4 Å². The zero-order chi connectivity index (χ0) is 13.1. The molecule has 4 nitrogen and oxygen atoms in total. The summed E-state index contributed by atoms with van der Waals surface area (Å²) in [5.41, 5.74) is 11.2. The molecule has 3 atom stereocenters. The highest BCUT2D eigenvalue weighted by atomic mass is 32.2. The molecule has 2 heterocycles. The van der Waals surface area contributed by atoms with Crippen molar-refractivity contribution in [3.8, 4) is 0 Å². The molecule has 1 aliphatic heterocycles. The fraction of sp³-hybridized carbons (Fsp3) is 0.583. The summed E-state index contributed by atoms with van der Waals surface area (Å²) >= 11 is 3.97. The van der Waals surface area contributed by atoms with Gasteiger partial charge in [-0.1, -0.05) is 6.92 Å². The van der Waals surface area contributed by atoms with Crippen LogP contribution < -0.4 is 17.0 Å². The third kappa shape index (κ3) is 2.77. The van der Waals surface area contributed by atoms with Gasteiger partial charge in [0, 0.05) is 33.8 Å². The molecule has 18 heavy (non-hydrogen) atoms. The van der Waals surface area contributed by atoms with Gasteiger partial charge in [-0.2, -0.15) is 23.5 Å². The van der Waals surface area contributed by atoms with E-state index in [0.29, 0.717) is 16.3 Å². The van der Waals surface area contributed by atoms with Gasteiger partial charge in [0.1, 0.15) is 5.82 Å². The van der Waals surface area contributed by atoms with Crippen LogP contribution in [0.4, 0.5) is 5.82 Å². The number of nitrogen functional groups attached to an aromatic ring is 1. The molecular weight excluding hydrogens is 264 g/mol. The second kappa shape index (κ2) is 6.14. The van der Waals surface area contributed by atoms with Crippen LogP contribution in [0, 0.1) is 6.92 Å². The maximum Gasteiger partial charge on any atom is 0.128 e. The normalized spacial score (nSPS) is 25.9. The number of pyridine rings is 1. The molecule has 6 heteroatoms. The van der Waals surface area contributed by atoms with Gasteiger partial charge in [0.25, 0.3) is 0 Å². The zero-order valence-corrected chi connectivity index (χ0v) is 12.4. The topological polar surface area (TPSA) is 77.0 Å². The first-order valence-electron chi connectivity index (χ1n) is 6.05. The van der Waals surface area contributed by atoms with Crippen LogP contribution in [0.15, 0.2) is 12.3 Å². The Bertz CT molecular complexity index is 393. The molecule has 1 aromatic heterocycles. The number of hydrazine groups is 1. The molecule has 5 N–H and O–H groups in total. The van der Waals surface area contributed by atoms with Crippen LogP contribution in [0.25, 0.3) is 0 Å². The quantitative estimate of drug-likeness (QED) is 0.579. The summed E-state index contributed by atoms with van der Waals surface area (Å²) in [5.74, 6) is 8.74. The van der Waals surface area contributed by atoms with Crippen molar-refractivity contribution in [3.05, 3.63) is 23.4 Å². The molecule has 0 amide bonds. The van der Waals surface area contributed by atoms with E-state index >= 15 is 0 Å². The van der Waals surface area contributed by atoms with Gasteiger partial charge in [-0.15, -0.1) is 0 Å². The molecule has 0 bridgehead atoms. The van der Waals surface area contributed by atoms with E-state index in [1.807, 2.05) is 29.6 Å². The SMILES string of the molecule is Cc1ccnc(N)c1C(NN)C1SCCSC1C. The second-order valence-corrected chi connectivity index (χ2v) is 7.25. The van der Waals surface area contributed by atoms with Gasteiger partial charge in [0.2, 0.25) is 0 Å². The lowest BCUT2D eigenvalue weighted by Crippen LogP contribution is -2.41. The van der Waals surface area contributed by atoms with Crippen molar-refractivity contribution in [1.82, 2.24) is 10.4 Å². The number of nitrogens with zero attached hydrogens (tertiary/aromatic N) is 1. The number of rotatable bonds is 3. The van der Waals surface area contributed by atoms with Crippen molar-refractivity contribution in [3.63, 3.8) is 0 Å². The number of aryl methyl sites for hydroxylation is 1. The molecule has 3 unspecified atom stereocenters. The molecule has 1 fully saturated rings. The lowest BCUT2D eigenvalue weighted by molar-refractivity contribution is 0.525. The molecule has 0 radical (unpaired) electrons. The van der Waals surface area contributed by atoms with E-state index in [1.165, 1.54) is 5.75 Å². The van der Waals surface area contributed by atoms with Crippen LogP contribution in [0.1, 0.15) is 24.1 Å². The first-order valence-corrected chi connectivity index (χ1v) is 8.15. The van der Waals surface area contributed by atoms with E-state index in [9.17, 15) is 0 Å². The highest BCUT2D eigenvalue weighted by molar-refractivity contribution is 8.07. The Morgan fingerprint density at radius 1 is 1.44 bits per heavy atom. The van der Waals surface area contributed by atoms with E-state index in [1.54, 1.807) is 6.20 Å². The maximum atomic E-state index is 6.03. The number of thioether (sulfide) groups is 2. The standard InChI is InChI=1S/C12H20N4S2/c1-7-3-4-15-12(13)9(7)10(16-14)11-8(2)17-5-6-18-11/h3-4,8,10-11,16H,5-6,14H2,1-2H3,(H2,13,15). The number of anilines is 1. The molecule has 0 aromatic carbocycles. The van der Waals surface area contributed by atoms with Gasteiger partial charge in [0.15, 0.2) is 0 Å². The molecule has 1 aromatic rings. The summed E-state index contributed by atoms with van der Waals surface area (Å²) in [6, 6.07) is 2.05. The smallest absolute Gasteiger partial charge is 0.128 e. The van der Waals surface area contributed by atoms with E-state index < -0.39 is 0 Å². The summed E-state index contributed by atoms with van der Waals surface area (Å²) in [7, 11) is 0. The lowest BCUT2D eigenvalue weighted by atomic mass is 9.98. The van der Waals surface area contributed by atoms with Crippen molar-refractivity contribution >= 4 is 29.3 Å². The Kier molecular flexibility index (Phi) is 4.77. The van der Waals surface area contributed by atoms with Crippen molar-refractivity contribution in [1.29, 1.82) is 0 Å². The average molecular weight is 284 g/mol. The Labute approximate surface area is 117 Å². The Morgan fingerprint density at radius 2 is 2.17 bits per heavy atom. The van der Waals surface area contributed by atoms with Crippen LogP contribution in [0.3, 0.4) is 0 Å². The summed E-state index contributed by atoms with van der Waals surface area (Å²) in [6.07, 6.45) is 1.74. The largest absolute Gasteiger partial charge is 0.383 e. The minimum absolute atomic E-state index is 0.0616. The number of aromatic nitrogens is 1. The van der Waals surface area contributed by atoms with Crippen LogP contribution in [-0.4, -0.2) is 27.0 Å². The molecule has 2 rings (SSSR count). The van der Waals surface area contributed by atoms with Crippen LogP contribution >= 0.6 is 23.5 Å². The number of hydrogen-bond acceptors (Lipinski definition) is 6. The van der Waals surface area contributed by atoms with E-state index in [4.69, 9.17) is 11.6 Å². The monoisotopic (exact) mass is 284 g/mol. The third-order valence-corrected chi connectivity index (χ3v) is 6.49. The summed E-state index contributed by atoms with van der Waals surface area (Å²) in [5, 5.41) is 0.989. The van der Waals surface area contributed by atoms with Crippen LogP contribution in [0.5, 0.6) is 0 Å². The molecule has 1 aliphatic rings. The highest BCUT2D eigenvalue weighted by Gasteiger charge is 2.32. The molecule has 1 saturated heterocycles. The predicted molar refractivity (Wildman–Crippen MR) is 81.6 cm³/mol. The van der Waals surface area contributed by atoms with E-state index in [-0.39, 0.29) is 6.04 Å². The molecule has 0 saturated carbocycles.